The largest absolute Gasteiger partial charge is 0.296 e. The highest BCUT2D eigenvalue weighted by molar-refractivity contribution is 7.12. The van der Waals surface area contributed by atoms with Crippen molar-refractivity contribution in [2.45, 2.75) is 32.7 Å². The zero-order chi connectivity index (χ0) is 11.0. The fourth-order valence-electron chi connectivity index (χ4n) is 1.86. The van der Waals surface area contributed by atoms with Crippen LogP contribution in [0.3, 0.4) is 0 Å². The van der Waals surface area contributed by atoms with Gasteiger partial charge in [-0.2, -0.15) is 0 Å². The number of likely N-dealkylation sites (N-methyl/N-ethyl adjacent to an activating group) is 1. The van der Waals surface area contributed by atoms with E-state index in [9.17, 15) is 4.79 Å². The highest BCUT2D eigenvalue weighted by Gasteiger charge is 2.27. The minimum Gasteiger partial charge on any atom is -0.296 e. The van der Waals surface area contributed by atoms with Gasteiger partial charge in [0.2, 0.25) is 0 Å². The molecule has 2 nitrogen and oxygen atoms in total. The lowest BCUT2D eigenvalue weighted by molar-refractivity contribution is 0.0942. The molecule has 0 radical (unpaired) electrons. The smallest absolute Gasteiger partial charge is 0.177 e. The Morgan fingerprint density at radius 3 is 2.67 bits per heavy atom. The van der Waals surface area contributed by atoms with Crippen LogP contribution in [0.4, 0.5) is 0 Å². The van der Waals surface area contributed by atoms with Gasteiger partial charge in [0.05, 0.1) is 6.54 Å². The number of ketones is 1. The summed E-state index contributed by atoms with van der Waals surface area (Å²) in [7, 11) is 2.05. The van der Waals surface area contributed by atoms with E-state index in [2.05, 4.69) is 11.8 Å². The van der Waals surface area contributed by atoms with E-state index in [-0.39, 0.29) is 5.78 Å². The summed E-state index contributed by atoms with van der Waals surface area (Å²) in [6, 6.07) is 2.68. The number of hydrogen-bond donors (Lipinski definition) is 0. The lowest BCUT2D eigenvalue weighted by atomic mass is 10.1. The van der Waals surface area contributed by atoms with Crippen LogP contribution in [-0.4, -0.2) is 30.3 Å². The van der Waals surface area contributed by atoms with E-state index in [1.165, 1.54) is 17.7 Å². The van der Waals surface area contributed by atoms with Crippen LogP contribution < -0.4 is 0 Å². The molecule has 15 heavy (non-hydrogen) atoms. The molecule has 2 rings (SSSR count). The third-order valence-corrected chi connectivity index (χ3v) is 3.87. The third-order valence-electron chi connectivity index (χ3n) is 2.90. The Kier molecular flexibility index (Phi) is 2.94. The summed E-state index contributed by atoms with van der Waals surface area (Å²) in [4.78, 5) is 16.5. The minimum absolute atomic E-state index is 0.270. The number of hydrogen-bond acceptors (Lipinski definition) is 3. The zero-order valence-electron chi connectivity index (χ0n) is 9.54. The Morgan fingerprint density at radius 1 is 1.53 bits per heavy atom. The molecule has 0 spiro atoms. The lowest BCUT2D eigenvalue weighted by Crippen LogP contribution is -2.27. The zero-order valence-corrected chi connectivity index (χ0v) is 10.4. The molecular formula is C12H17NOS. The molecule has 1 fully saturated rings. The van der Waals surface area contributed by atoms with Gasteiger partial charge in [-0.15, -0.1) is 11.3 Å². The van der Waals surface area contributed by atoms with Crippen molar-refractivity contribution in [3.05, 3.63) is 21.4 Å². The number of thiophene rings is 1. The van der Waals surface area contributed by atoms with Crippen LogP contribution in [0, 0.1) is 13.8 Å². The fraction of sp³-hybridized carbons (Fsp3) is 0.583. The van der Waals surface area contributed by atoms with Gasteiger partial charge in [0.15, 0.2) is 5.78 Å². The van der Waals surface area contributed by atoms with Crippen molar-refractivity contribution in [3.63, 3.8) is 0 Å². The maximum atomic E-state index is 12.0. The maximum Gasteiger partial charge on any atom is 0.177 e. The van der Waals surface area contributed by atoms with Gasteiger partial charge in [0.1, 0.15) is 0 Å². The van der Waals surface area contributed by atoms with Crippen molar-refractivity contribution in [1.29, 1.82) is 0 Å². The van der Waals surface area contributed by atoms with Crippen LogP contribution in [0.15, 0.2) is 6.07 Å². The standard InChI is InChI=1S/C12H17NOS/c1-8-6-11(9(2)15-8)12(14)7-13(3)10-4-5-10/h6,10H,4-5,7H2,1-3H3. The molecule has 82 valence electrons. The van der Waals surface area contributed by atoms with Crippen molar-refractivity contribution >= 4 is 17.1 Å². The van der Waals surface area contributed by atoms with Gasteiger partial charge >= 0.3 is 0 Å². The first-order valence-electron chi connectivity index (χ1n) is 5.38. The summed E-state index contributed by atoms with van der Waals surface area (Å²) in [5.41, 5.74) is 0.921. The van der Waals surface area contributed by atoms with Gasteiger partial charge in [-0.1, -0.05) is 0 Å². The van der Waals surface area contributed by atoms with Crippen molar-refractivity contribution in [2.75, 3.05) is 13.6 Å². The normalized spacial score (nSPS) is 16.0. The summed E-state index contributed by atoms with van der Waals surface area (Å²) in [6.07, 6.45) is 2.51. The summed E-state index contributed by atoms with van der Waals surface area (Å²) in [6.45, 7) is 4.66. The highest BCUT2D eigenvalue weighted by atomic mass is 32.1. The predicted octanol–water partition coefficient (Wildman–Crippen LogP) is 2.64. The quantitative estimate of drug-likeness (QED) is 0.731. The van der Waals surface area contributed by atoms with Crippen LogP contribution in [0.1, 0.15) is 33.0 Å². The van der Waals surface area contributed by atoms with Crippen molar-refractivity contribution < 1.29 is 4.79 Å². The molecule has 1 aromatic heterocycles. The van der Waals surface area contributed by atoms with E-state index in [1.807, 2.05) is 20.0 Å². The van der Waals surface area contributed by atoms with Gasteiger partial charge in [0, 0.05) is 21.4 Å². The average Bonchev–Trinajstić information content (AvgIpc) is 2.92. The molecule has 1 aromatic rings. The molecule has 0 unspecified atom stereocenters. The second kappa shape index (κ2) is 4.06. The van der Waals surface area contributed by atoms with Crippen LogP contribution in [0.25, 0.3) is 0 Å². The first-order valence-corrected chi connectivity index (χ1v) is 6.20. The van der Waals surface area contributed by atoms with Crippen LogP contribution in [0.2, 0.25) is 0 Å². The number of nitrogens with zero attached hydrogens (tertiary/aromatic N) is 1. The molecule has 1 saturated carbocycles. The van der Waals surface area contributed by atoms with E-state index < -0.39 is 0 Å². The number of Topliss-reactive ketones (excluding diaryl/α,β-unsaturated/α-hetero) is 1. The topological polar surface area (TPSA) is 20.3 Å². The second-order valence-corrected chi connectivity index (χ2v) is 5.86. The van der Waals surface area contributed by atoms with Crippen molar-refractivity contribution in [2.24, 2.45) is 0 Å². The Morgan fingerprint density at radius 2 is 2.20 bits per heavy atom. The summed E-state index contributed by atoms with van der Waals surface area (Å²) >= 11 is 1.71. The summed E-state index contributed by atoms with van der Waals surface area (Å²) < 4.78 is 0. The fourth-order valence-corrected chi connectivity index (χ4v) is 2.81. The van der Waals surface area contributed by atoms with Crippen LogP contribution in [0.5, 0.6) is 0 Å². The SMILES string of the molecule is Cc1cc(C(=O)CN(C)C2CC2)c(C)s1. The van der Waals surface area contributed by atoms with E-state index in [4.69, 9.17) is 0 Å². The maximum absolute atomic E-state index is 12.0. The molecule has 1 aliphatic rings. The first kappa shape index (κ1) is 10.8. The Hall–Kier alpha value is -0.670. The Labute approximate surface area is 94.9 Å². The molecular weight excluding hydrogens is 206 g/mol. The number of rotatable bonds is 4. The van der Waals surface area contributed by atoms with Crippen molar-refractivity contribution in [3.8, 4) is 0 Å². The van der Waals surface area contributed by atoms with E-state index in [1.54, 1.807) is 11.3 Å². The van der Waals surface area contributed by atoms with Gasteiger partial charge in [-0.05, 0) is 39.8 Å². The molecule has 0 saturated heterocycles. The highest BCUT2D eigenvalue weighted by Crippen LogP contribution is 2.26. The first-order chi connectivity index (χ1) is 7.08. The van der Waals surface area contributed by atoms with Gasteiger partial charge in [-0.3, -0.25) is 9.69 Å². The average molecular weight is 223 g/mol. The molecule has 0 atom stereocenters. The molecule has 0 N–H and O–H groups in total. The second-order valence-electron chi connectivity index (χ2n) is 4.40. The summed E-state index contributed by atoms with van der Waals surface area (Å²) in [5, 5.41) is 0. The predicted molar refractivity (Wildman–Crippen MR) is 63.8 cm³/mol. The monoisotopic (exact) mass is 223 g/mol. The Bertz CT molecular complexity index is 379. The lowest BCUT2D eigenvalue weighted by Gasteiger charge is -2.13. The van der Waals surface area contributed by atoms with Crippen molar-refractivity contribution in [1.82, 2.24) is 4.90 Å². The van der Waals surface area contributed by atoms with Crippen LogP contribution in [-0.2, 0) is 0 Å². The Balaban J connectivity index is 2.03. The molecule has 1 heterocycles. The molecule has 0 amide bonds. The molecule has 0 aliphatic heterocycles. The minimum atomic E-state index is 0.270. The van der Waals surface area contributed by atoms with E-state index in [0.29, 0.717) is 12.6 Å². The number of carbonyl (C=O) groups excluding carboxylic acids is 1. The van der Waals surface area contributed by atoms with E-state index >= 15 is 0 Å². The van der Waals surface area contributed by atoms with Crippen LogP contribution >= 0.6 is 11.3 Å². The number of carbonyl (C=O) groups is 1. The summed E-state index contributed by atoms with van der Waals surface area (Å²) in [5.74, 6) is 0.270. The van der Waals surface area contributed by atoms with Gasteiger partial charge < -0.3 is 0 Å². The molecule has 0 aromatic carbocycles. The van der Waals surface area contributed by atoms with Gasteiger partial charge in [0.25, 0.3) is 0 Å². The number of aryl methyl sites for hydroxylation is 2. The molecule has 1 aliphatic carbocycles. The van der Waals surface area contributed by atoms with Gasteiger partial charge in [-0.25, -0.2) is 0 Å². The third kappa shape index (κ3) is 2.47. The molecule has 0 bridgehead atoms. The van der Waals surface area contributed by atoms with E-state index in [0.717, 1.165) is 10.4 Å². The molecule has 3 heteroatoms.